The molecule has 2 N–H and O–H groups in total. The molecule has 0 heterocycles. The summed E-state index contributed by atoms with van der Waals surface area (Å²) in [7, 11) is 0. The molecule has 0 saturated carbocycles. The van der Waals surface area contributed by atoms with Crippen molar-refractivity contribution in [2.45, 2.75) is 11.8 Å². The van der Waals surface area contributed by atoms with Crippen LogP contribution in [-0.2, 0) is 4.79 Å². The molecule has 0 bridgehead atoms. The van der Waals surface area contributed by atoms with Crippen LogP contribution in [0, 0.1) is 17.0 Å². The van der Waals surface area contributed by atoms with E-state index >= 15 is 0 Å². The molecule has 2 amide bonds. The number of hydrogen-bond acceptors (Lipinski definition) is 5. The first-order chi connectivity index (χ1) is 14.8. The van der Waals surface area contributed by atoms with Crippen LogP contribution < -0.4 is 10.6 Å². The van der Waals surface area contributed by atoms with Crippen molar-refractivity contribution in [3.05, 3.63) is 93.0 Å². The minimum Gasteiger partial charge on any atom is -0.325 e. The van der Waals surface area contributed by atoms with Gasteiger partial charge in [-0.3, -0.25) is 19.7 Å². The van der Waals surface area contributed by atoms with Gasteiger partial charge in [-0.2, -0.15) is 0 Å². The fourth-order valence-electron chi connectivity index (χ4n) is 2.66. The molecule has 3 aromatic carbocycles. The molecule has 158 valence electrons. The highest BCUT2D eigenvalue weighted by Gasteiger charge is 2.12. The number of aryl methyl sites for hydroxylation is 1. The lowest BCUT2D eigenvalue weighted by Crippen LogP contribution is -2.14. The zero-order chi connectivity index (χ0) is 22.4. The summed E-state index contributed by atoms with van der Waals surface area (Å²) in [5.74, 6) is -0.385. The lowest BCUT2D eigenvalue weighted by atomic mass is 10.2. The Morgan fingerprint density at radius 3 is 2.48 bits per heavy atom. The highest BCUT2D eigenvalue weighted by molar-refractivity contribution is 8.00. The Hall–Kier alpha value is -3.36. The Balaban J connectivity index is 1.54. The van der Waals surface area contributed by atoms with Crippen LogP contribution in [0.5, 0.6) is 0 Å². The number of benzene rings is 3. The van der Waals surface area contributed by atoms with Crippen molar-refractivity contribution >= 4 is 52.2 Å². The average Bonchev–Trinajstić information content (AvgIpc) is 2.76. The maximum absolute atomic E-state index is 12.3. The normalized spacial score (nSPS) is 10.4. The summed E-state index contributed by atoms with van der Waals surface area (Å²) in [6.45, 7) is 1.89. The van der Waals surface area contributed by atoms with E-state index < -0.39 is 10.8 Å². The minimum absolute atomic E-state index is 0.148. The monoisotopic (exact) mass is 455 g/mol. The van der Waals surface area contributed by atoms with Crippen molar-refractivity contribution in [2.75, 3.05) is 16.4 Å². The van der Waals surface area contributed by atoms with Gasteiger partial charge in [0.05, 0.1) is 10.7 Å². The molecule has 3 aromatic rings. The fraction of sp³-hybridized carbons (Fsp3) is 0.0909. The summed E-state index contributed by atoms with van der Waals surface area (Å²) in [6.07, 6.45) is 0. The van der Waals surface area contributed by atoms with E-state index in [-0.39, 0.29) is 22.9 Å². The molecule has 0 unspecified atom stereocenters. The molecular formula is C22H18ClN3O4S. The van der Waals surface area contributed by atoms with Crippen LogP contribution in [0.4, 0.5) is 17.1 Å². The largest absolute Gasteiger partial charge is 0.325 e. The van der Waals surface area contributed by atoms with Crippen molar-refractivity contribution < 1.29 is 14.5 Å². The van der Waals surface area contributed by atoms with Crippen LogP contribution in [0.25, 0.3) is 0 Å². The second kappa shape index (κ2) is 10.1. The average molecular weight is 456 g/mol. The number of rotatable bonds is 7. The number of halogens is 1. The van der Waals surface area contributed by atoms with E-state index in [4.69, 9.17) is 11.6 Å². The van der Waals surface area contributed by atoms with Crippen LogP contribution in [0.2, 0.25) is 5.02 Å². The van der Waals surface area contributed by atoms with E-state index in [9.17, 15) is 19.7 Å². The van der Waals surface area contributed by atoms with E-state index in [1.807, 2.05) is 13.0 Å². The van der Waals surface area contributed by atoms with E-state index in [2.05, 4.69) is 10.6 Å². The van der Waals surface area contributed by atoms with E-state index in [1.54, 1.807) is 36.4 Å². The number of thioether (sulfide) groups is 1. The Kier molecular flexibility index (Phi) is 7.28. The van der Waals surface area contributed by atoms with Crippen LogP contribution in [0.15, 0.2) is 71.6 Å². The number of anilines is 2. The molecule has 0 spiro atoms. The first-order valence-electron chi connectivity index (χ1n) is 9.16. The molecule has 0 radical (unpaired) electrons. The van der Waals surface area contributed by atoms with Gasteiger partial charge in [0.25, 0.3) is 11.6 Å². The molecule has 0 aliphatic heterocycles. The van der Waals surface area contributed by atoms with Gasteiger partial charge in [0.15, 0.2) is 0 Å². The van der Waals surface area contributed by atoms with Crippen molar-refractivity contribution in [3.8, 4) is 0 Å². The standard InChI is InChI=1S/C22H18ClN3O4S/c1-14-5-6-16(23)12-20(14)25-21(27)13-31-19-9-7-17(8-10-19)24-22(28)15-3-2-4-18(11-15)26(29)30/h2-12H,13H2,1H3,(H,24,28)(H,25,27). The number of nitro groups is 1. The van der Waals surface area contributed by atoms with Crippen LogP contribution in [0.1, 0.15) is 15.9 Å². The van der Waals surface area contributed by atoms with Gasteiger partial charge in [-0.25, -0.2) is 0 Å². The summed E-state index contributed by atoms with van der Waals surface area (Å²) < 4.78 is 0. The highest BCUT2D eigenvalue weighted by atomic mass is 35.5. The summed E-state index contributed by atoms with van der Waals surface area (Å²) in [4.78, 5) is 35.7. The Bertz CT molecular complexity index is 1140. The maximum Gasteiger partial charge on any atom is 0.270 e. The third-order valence-electron chi connectivity index (χ3n) is 4.27. The zero-order valence-corrected chi connectivity index (χ0v) is 18.0. The summed E-state index contributed by atoms with van der Waals surface area (Å²) in [5, 5.41) is 16.9. The molecule has 3 rings (SSSR count). The maximum atomic E-state index is 12.3. The van der Waals surface area contributed by atoms with Crippen molar-refractivity contribution in [2.24, 2.45) is 0 Å². The van der Waals surface area contributed by atoms with Crippen molar-refractivity contribution in [3.63, 3.8) is 0 Å². The number of nitro benzene ring substituents is 1. The quantitative estimate of drug-likeness (QED) is 0.276. The number of nitrogens with zero attached hydrogens (tertiary/aromatic N) is 1. The predicted molar refractivity (Wildman–Crippen MR) is 123 cm³/mol. The molecule has 0 aliphatic carbocycles. The predicted octanol–water partition coefficient (Wildman–Crippen LogP) is 5.54. The van der Waals surface area contributed by atoms with E-state index in [0.29, 0.717) is 16.4 Å². The Morgan fingerprint density at radius 2 is 1.77 bits per heavy atom. The second-order valence-electron chi connectivity index (χ2n) is 6.58. The molecule has 9 heteroatoms. The number of amides is 2. The number of carbonyl (C=O) groups excluding carboxylic acids is 2. The van der Waals surface area contributed by atoms with Gasteiger partial charge in [-0.15, -0.1) is 11.8 Å². The Labute approximate surface area is 188 Å². The van der Waals surface area contributed by atoms with Gasteiger partial charge < -0.3 is 10.6 Å². The van der Waals surface area contributed by atoms with E-state index in [1.165, 1.54) is 36.0 Å². The van der Waals surface area contributed by atoms with Crippen LogP contribution in [-0.4, -0.2) is 22.5 Å². The summed E-state index contributed by atoms with van der Waals surface area (Å²) >= 11 is 7.32. The number of carbonyl (C=O) groups is 2. The topological polar surface area (TPSA) is 101 Å². The lowest BCUT2D eigenvalue weighted by molar-refractivity contribution is -0.384. The lowest BCUT2D eigenvalue weighted by Gasteiger charge is -2.09. The van der Waals surface area contributed by atoms with E-state index in [0.717, 1.165) is 10.5 Å². The van der Waals surface area contributed by atoms with Gasteiger partial charge in [-0.1, -0.05) is 23.7 Å². The molecule has 0 fully saturated rings. The van der Waals surface area contributed by atoms with Crippen molar-refractivity contribution in [1.29, 1.82) is 0 Å². The van der Waals surface area contributed by atoms with Crippen LogP contribution >= 0.6 is 23.4 Å². The molecule has 0 aliphatic rings. The van der Waals surface area contributed by atoms with Crippen molar-refractivity contribution in [1.82, 2.24) is 0 Å². The Morgan fingerprint density at radius 1 is 1.03 bits per heavy atom. The van der Waals surface area contributed by atoms with Gasteiger partial charge >= 0.3 is 0 Å². The third-order valence-corrected chi connectivity index (χ3v) is 5.52. The molecule has 0 atom stereocenters. The number of hydrogen-bond donors (Lipinski definition) is 2. The molecule has 7 nitrogen and oxygen atoms in total. The van der Waals surface area contributed by atoms with Gasteiger partial charge in [0.1, 0.15) is 0 Å². The minimum atomic E-state index is -0.549. The number of nitrogens with one attached hydrogen (secondary N) is 2. The van der Waals surface area contributed by atoms with Gasteiger partial charge in [0, 0.05) is 39.0 Å². The SMILES string of the molecule is Cc1ccc(Cl)cc1NC(=O)CSc1ccc(NC(=O)c2cccc([N+](=O)[O-])c2)cc1. The molecule has 0 saturated heterocycles. The van der Waals surface area contributed by atoms with Gasteiger partial charge in [0.2, 0.25) is 5.91 Å². The summed E-state index contributed by atoms with van der Waals surface area (Å²) in [5.41, 5.74) is 2.19. The zero-order valence-electron chi connectivity index (χ0n) is 16.4. The first-order valence-corrected chi connectivity index (χ1v) is 10.5. The number of non-ortho nitro benzene ring substituents is 1. The smallest absolute Gasteiger partial charge is 0.270 e. The molecule has 31 heavy (non-hydrogen) atoms. The molecular weight excluding hydrogens is 438 g/mol. The fourth-order valence-corrected chi connectivity index (χ4v) is 3.53. The first kappa shape index (κ1) is 22.3. The third kappa shape index (κ3) is 6.31. The second-order valence-corrected chi connectivity index (χ2v) is 8.07. The van der Waals surface area contributed by atoms with Crippen LogP contribution in [0.3, 0.4) is 0 Å². The summed E-state index contributed by atoms with van der Waals surface area (Å²) in [6, 6.07) is 17.8. The highest BCUT2D eigenvalue weighted by Crippen LogP contribution is 2.23. The van der Waals surface area contributed by atoms with Gasteiger partial charge in [-0.05, 0) is 55.0 Å². The molecule has 0 aromatic heterocycles.